The summed E-state index contributed by atoms with van der Waals surface area (Å²) in [6, 6.07) is 7.85. The summed E-state index contributed by atoms with van der Waals surface area (Å²) in [7, 11) is 0. The predicted molar refractivity (Wildman–Crippen MR) is 129 cm³/mol. The third-order valence-corrected chi connectivity index (χ3v) is 5.58. The molecule has 0 aliphatic heterocycles. The molecule has 34 heavy (non-hydrogen) atoms. The highest BCUT2D eigenvalue weighted by Gasteiger charge is 2.26. The van der Waals surface area contributed by atoms with Crippen LogP contribution in [-0.2, 0) is 0 Å². The lowest BCUT2D eigenvalue weighted by atomic mass is 10.1. The van der Waals surface area contributed by atoms with Crippen molar-refractivity contribution in [3.05, 3.63) is 71.2 Å². The summed E-state index contributed by atoms with van der Waals surface area (Å²) in [6.45, 7) is 6.34. The number of nitrogens with two attached hydrogens (primary N) is 2. The second-order valence-electron chi connectivity index (χ2n) is 8.96. The van der Waals surface area contributed by atoms with Crippen molar-refractivity contribution in [2.45, 2.75) is 39.5 Å². The van der Waals surface area contributed by atoms with Crippen LogP contribution in [-0.4, -0.2) is 37.8 Å². The topological polar surface area (TPSA) is 127 Å². The van der Waals surface area contributed by atoms with E-state index in [1.165, 1.54) is 17.1 Å². The van der Waals surface area contributed by atoms with Crippen molar-refractivity contribution in [1.29, 1.82) is 0 Å². The molecule has 3 aromatic rings. The summed E-state index contributed by atoms with van der Waals surface area (Å²) in [6.07, 6.45) is 5.91. The van der Waals surface area contributed by atoms with Gasteiger partial charge in [0.25, 0.3) is 5.91 Å². The van der Waals surface area contributed by atoms with E-state index in [0.717, 1.165) is 18.5 Å². The Morgan fingerprint density at radius 1 is 1.35 bits per heavy atom. The molecule has 1 aliphatic rings. The lowest BCUT2D eigenvalue weighted by Gasteiger charge is -2.21. The van der Waals surface area contributed by atoms with E-state index in [9.17, 15) is 9.18 Å². The fourth-order valence-electron chi connectivity index (χ4n) is 3.75. The van der Waals surface area contributed by atoms with Crippen LogP contribution < -0.4 is 17.0 Å². The molecule has 9 nitrogen and oxygen atoms in total. The molecule has 2 aromatic heterocycles. The third kappa shape index (κ3) is 5.07. The van der Waals surface area contributed by atoms with Crippen LogP contribution in [0.1, 0.15) is 59.9 Å². The van der Waals surface area contributed by atoms with E-state index in [4.69, 9.17) is 11.7 Å². The quantitative estimate of drug-likeness (QED) is 0.213. The highest BCUT2D eigenvalue weighted by molar-refractivity contribution is 6.05. The first kappa shape index (κ1) is 23.4. The van der Waals surface area contributed by atoms with Crippen LogP contribution in [0, 0.1) is 18.7 Å². The molecule has 1 amide bonds. The number of halogens is 1. The largest absolute Gasteiger partial charge is 0.321 e. The predicted octanol–water partition coefficient (Wildman–Crippen LogP) is 3.30. The van der Waals surface area contributed by atoms with Crippen LogP contribution in [0.15, 0.2) is 48.0 Å². The van der Waals surface area contributed by atoms with E-state index >= 15 is 0 Å². The number of anilines is 1. The number of rotatable bonds is 7. The Balaban J connectivity index is 1.57. The van der Waals surface area contributed by atoms with Crippen LogP contribution in [0.5, 0.6) is 0 Å². The maximum absolute atomic E-state index is 14.8. The average Bonchev–Trinajstić information content (AvgIpc) is 3.51. The summed E-state index contributed by atoms with van der Waals surface area (Å²) < 4.78 is 16.6. The molecule has 0 unspecified atom stereocenters. The molecule has 0 atom stereocenters. The molecule has 4 rings (SSSR count). The summed E-state index contributed by atoms with van der Waals surface area (Å²) in [5.41, 5.74) is 2.70. The van der Waals surface area contributed by atoms with E-state index in [1.54, 1.807) is 31.5 Å². The lowest BCUT2D eigenvalue weighted by Crippen LogP contribution is -2.41. The van der Waals surface area contributed by atoms with Gasteiger partial charge in [0.2, 0.25) is 0 Å². The number of hydrazone groups is 1. The fourth-order valence-corrected chi connectivity index (χ4v) is 3.75. The molecule has 0 saturated heterocycles. The number of pyridine rings is 1. The van der Waals surface area contributed by atoms with E-state index in [0.29, 0.717) is 29.4 Å². The van der Waals surface area contributed by atoms with Gasteiger partial charge in [0, 0.05) is 18.7 Å². The van der Waals surface area contributed by atoms with Crippen molar-refractivity contribution in [2.24, 2.45) is 22.7 Å². The minimum absolute atomic E-state index is 0.0950. The van der Waals surface area contributed by atoms with Gasteiger partial charge in [-0.2, -0.15) is 5.10 Å². The van der Waals surface area contributed by atoms with Gasteiger partial charge in [-0.3, -0.25) is 9.80 Å². The van der Waals surface area contributed by atoms with Crippen LogP contribution >= 0.6 is 0 Å². The number of nitrogens with zero attached hydrogens (tertiary/aromatic N) is 5. The van der Waals surface area contributed by atoms with Crippen LogP contribution in [0.25, 0.3) is 5.69 Å². The molecule has 1 saturated carbocycles. The van der Waals surface area contributed by atoms with E-state index in [-0.39, 0.29) is 23.1 Å². The maximum Gasteiger partial charge on any atom is 0.259 e. The number of amides is 1. The number of imidazole rings is 1. The highest BCUT2D eigenvalue weighted by Crippen LogP contribution is 2.39. The second kappa shape index (κ2) is 9.60. The van der Waals surface area contributed by atoms with E-state index in [2.05, 4.69) is 20.4 Å². The molecule has 10 heteroatoms. The van der Waals surface area contributed by atoms with Gasteiger partial charge >= 0.3 is 0 Å². The first-order chi connectivity index (χ1) is 16.3. The van der Waals surface area contributed by atoms with E-state index in [1.807, 2.05) is 24.6 Å². The van der Waals surface area contributed by atoms with Crippen LogP contribution in [0.4, 0.5) is 10.2 Å². The smallest absolute Gasteiger partial charge is 0.259 e. The minimum atomic E-state index is -0.621. The fraction of sp³-hybridized carbons (Fsp3) is 0.333. The summed E-state index contributed by atoms with van der Waals surface area (Å²) in [4.78, 5) is 21.8. The van der Waals surface area contributed by atoms with Gasteiger partial charge in [-0.25, -0.2) is 20.2 Å². The number of hydrogen-bond acceptors (Lipinski definition) is 6. The van der Waals surface area contributed by atoms with Crippen molar-refractivity contribution in [3.8, 4) is 5.69 Å². The molecule has 1 aromatic carbocycles. The van der Waals surface area contributed by atoms with Crippen LogP contribution in [0.3, 0.4) is 0 Å². The molecule has 0 bridgehead atoms. The lowest BCUT2D eigenvalue weighted by molar-refractivity contribution is 0.102. The first-order valence-corrected chi connectivity index (χ1v) is 11.2. The molecule has 5 N–H and O–H groups in total. The Kier molecular flexibility index (Phi) is 6.60. The Hall–Kier alpha value is -3.79. The SMILES string of the molecule is Cc1cc(F)c(C(=O)Nc2cccc(/C(=N/N)N(N)CC(C)C)n2)cc1-n1cnc(C2CC2)c1. The number of nitrogens with one attached hydrogen (secondary N) is 1. The van der Waals surface area contributed by atoms with Gasteiger partial charge in [-0.15, -0.1) is 0 Å². The molecular formula is C24H29FN8O. The zero-order chi connectivity index (χ0) is 24.4. The number of hydrogen-bond donors (Lipinski definition) is 3. The molecule has 1 fully saturated rings. The van der Waals surface area contributed by atoms with Gasteiger partial charge in [0.05, 0.1) is 23.3 Å². The summed E-state index contributed by atoms with van der Waals surface area (Å²) in [5.74, 6) is 11.6. The van der Waals surface area contributed by atoms with Crippen molar-refractivity contribution in [3.63, 3.8) is 0 Å². The third-order valence-electron chi connectivity index (χ3n) is 5.58. The Morgan fingerprint density at radius 3 is 2.79 bits per heavy atom. The second-order valence-corrected chi connectivity index (χ2v) is 8.96. The van der Waals surface area contributed by atoms with E-state index < -0.39 is 11.7 Å². The number of hydrazine groups is 1. The van der Waals surface area contributed by atoms with Gasteiger partial charge in [-0.05, 0) is 55.5 Å². The van der Waals surface area contributed by atoms with Crippen molar-refractivity contribution in [2.75, 3.05) is 11.9 Å². The van der Waals surface area contributed by atoms with Crippen LogP contribution in [0.2, 0.25) is 0 Å². The number of aromatic nitrogens is 3. The number of benzene rings is 1. The normalized spacial score (nSPS) is 13.9. The van der Waals surface area contributed by atoms with Crippen molar-refractivity contribution < 1.29 is 9.18 Å². The first-order valence-electron chi connectivity index (χ1n) is 11.2. The monoisotopic (exact) mass is 464 g/mol. The Labute approximate surface area is 197 Å². The maximum atomic E-state index is 14.8. The standard InChI is InChI=1S/C24H29FN8O/c1-14(2)11-33(27)23(31-26)19-5-4-6-22(29-19)30-24(34)17-10-21(15(3)9-18(17)25)32-12-20(28-13-32)16-7-8-16/h4-6,9-10,12-14,16H,7-8,11,26-27H2,1-3H3,(H,29,30,34)/b31-23-. The number of carbonyl (C=O) groups excluding carboxylic acids is 1. The molecule has 0 spiro atoms. The Bertz CT molecular complexity index is 1230. The zero-order valence-electron chi connectivity index (χ0n) is 19.5. The minimum Gasteiger partial charge on any atom is -0.321 e. The number of aryl methyl sites for hydroxylation is 1. The number of carbonyl (C=O) groups is 1. The zero-order valence-corrected chi connectivity index (χ0v) is 19.5. The average molecular weight is 465 g/mol. The highest BCUT2D eigenvalue weighted by atomic mass is 19.1. The Morgan fingerprint density at radius 2 is 2.12 bits per heavy atom. The van der Waals surface area contributed by atoms with Gasteiger partial charge in [0.1, 0.15) is 17.3 Å². The van der Waals surface area contributed by atoms with Crippen molar-refractivity contribution >= 4 is 17.6 Å². The molecule has 1 aliphatic carbocycles. The van der Waals surface area contributed by atoms with Gasteiger partial charge < -0.3 is 15.7 Å². The van der Waals surface area contributed by atoms with Gasteiger partial charge in [-0.1, -0.05) is 19.9 Å². The summed E-state index contributed by atoms with van der Waals surface area (Å²) in [5, 5.41) is 7.82. The number of amidine groups is 1. The molecule has 178 valence electrons. The molecule has 2 heterocycles. The molecular weight excluding hydrogens is 435 g/mol. The van der Waals surface area contributed by atoms with Crippen molar-refractivity contribution in [1.82, 2.24) is 19.5 Å². The molecule has 0 radical (unpaired) electrons. The van der Waals surface area contributed by atoms with Gasteiger partial charge in [0.15, 0.2) is 5.84 Å². The summed E-state index contributed by atoms with van der Waals surface area (Å²) >= 11 is 0.